The van der Waals surface area contributed by atoms with Crippen LogP contribution >= 0.6 is 11.6 Å². The number of nitrogens with two attached hydrogens (primary N) is 1. The number of aromatic nitrogens is 2. The number of nitrogens with one attached hydrogen (secondary N) is 1. The number of hydrogen-bond donors (Lipinski definition) is 2. The second kappa shape index (κ2) is 5.02. The maximum absolute atomic E-state index is 12.1. The van der Waals surface area contributed by atoms with Crippen molar-refractivity contribution in [2.24, 2.45) is 0 Å². The second-order valence-electron chi connectivity index (χ2n) is 3.83. The van der Waals surface area contributed by atoms with Crippen LogP contribution in [0.4, 0.5) is 11.6 Å². The SMILES string of the molecule is Cc1cc(S(=O)(=O)Nc2nccc(Cl)n2)ccc1N. The average molecular weight is 299 g/mol. The minimum absolute atomic E-state index is 0.0815. The Bertz CT molecular complexity index is 718. The van der Waals surface area contributed by atoms with Crippen molar-refractivity contribution in [1.29, 1.82) is 0 Å². The van der Waals surface area contributed by atoms with Crippen LogP contribution in [0.25, 0.3) is 0 Å². The van der Waals surface area contributed by atoms with E-state index in [4.69, 9.17) is 17.3 Å². The van der Waals surface area contributed by atoms with Crippen molar-refractivity contribution in [2.45, 2.75) is 11.8 Å². The highest BCUT2D eigenvalue weighted by atomic mass is 35.5. The van der Waals surface area contributed by atoms with Crippen molar-refractivity contribution in [3.8, 4) is 0 Å². The first-order chi connectivity index (χ1) is 8.88. The fraction of sp³-hybridized carbons (Fsp3) is 0.0909. The van der Waals surface area contributed by atoms with Gasteiger partial charge in [0.05, 0.1) is 4.90 Å². The third-order valence-electron chi connectivity index (χ3n) is 2.40. The molecule has 0 atom stereocenters. The summed E-state index contributed by atoms with van der Waals surface area (Å²) in [5, 5.41) is 0.154. The average Bonchev–Trinajstić information content (AvgIpc) is 2.32. The molecule has 0 fully saturated rings. The van der Waals surface area contributed by atoms with Gasteiger partial charge in [-0.1, -0.05) is 11.6 Å². The van der Waals surface area contributed by atoms with E-state index in [1.54, 1.807) is 6.92 Å². The number of sulfonamides is 1. The molecule has 0 bridgehead atoms. The summed E-state index contributed by atoms with van der Waals surface area (Å²) in [5.41, 5.74) is 6.85. The van der Waals surface area contributed by atoms with Crippen LogP contribution in [-0.4, -0.2) is 18.4 Å². The molecule has 0 aliphatic carbocycles. The highest BCUT2D eigenvalue weighted by Gasteiger charge is 2.16. The molecule has 1 aromatic carbocycles. The van der Waals surface area contributed by atoms with E-state index in [0.29, 0.717) is 11.3 Å². The number of nitrogen functional groups attached to an aromatic ring is 1. The zero-order chi connectivity index (χ0) is 14.0. The Labute approximate surface area is 115 Å². The highest BCUT2D eigenvalue weighted by Crippen LogP contribution is 2.19. The summed E-state index contributed by atoms with van der Waals surface area (Å²) in [5.74, 6) is -0.0815. The molecule has 0 radical (unpaired) electrons. The zero-order valence-electron chi connectivity index (χ0n) is 9.96. The summed E-state index contributed by atoms with van der Waals surface area (Å²) in [6.07, 6.45) is 1.36. The molecule has 2 aromatic rings. The van der Waals surface area contributed by atoms with Crippen molar-refractivity contribution in [2.75, 3.05) is 10.5 Å². The Balaban J connectivity index is 2.35. The standard InChI is InChI=1S/C11H11ClN4O2S/c1-7-6-8(2-3-9(7)13)19(17,18)16-11-14-5-4-10(12)15-11/h2-6H,13H2,1H3,(H,14,15,16). The van der Waals surface area contributed by atoms with Crippen LogP contribution < -0.4 is 10.5 Å². The van der Waals surface area contributed by atoms with Gasteiger partial charge in [-0.15, -0.1) is 0 Å². The minimum Gasteiger partial charge on any atom is -0.399 e. The summed E-state index contributed by atoms with van der Waals surface area (Å²) in [6.45, 7) is 1.73. The minimum atomic E-state index is -3.76. The molecule has 0 amide bonds. The van der Waals surface area contributed by atoms with Crippen LogP contribution in [0, 0.1) is 6.92 Å². The van der Waals surface area contributed by atoms with Gasteiger partial charge in [0.25, 0.3) is 10.0 Å². The number of aryl methyl sites for hydroxylation is 1. The lowest BCUT2D eigenvalue weighted by atomic mass is 10.2. The van der Waals surface area contributed by atoms with Gasteiger partial charge in [0.1, 0.15) is 5.15 Å². The lowest BCUT2D eigenvalue weighted by Gasteiger charge is -2.08. The molecular formula is C11H11ClN4O2S. The molecule has 2 rings (SSSR count). The van der Waals surface area contributed by atoms with E-state index in [0.717, 1.165) is 0 Å². The Morgan fingerprint density at radius 3 is 2.68 bits per heavy atom. The monoisotopic (exact) mass is 298 g/mol. The third kappa shape index (κ3) is 3.12. The molecule has 0 aliphatic rings. The first-order valence-corrected chi connectivity index (χ1v) is 7.12. The lowest BCUT2D eigenvalue weighted by molar-refractivity contribution is 0.600. The zero-order valence-corrected chi connectivity index (χ0v) is 11.5. The van der Waals surface area contributed by atoms with E-state index < -0.39 is 10.0 Å². The van der Waals surface area contributed by atoms with Crippen molar-refractivity contribution in [3.63, 3.8) is 0 Å². The summed E-state index contributed by atoms with van der Waals surface area (Å²) < 4.78 is 26.4. The van der Waals surface area contributed by atoms with Crippen LogP contribution in [0.5, 0.6) is 0 Å². The number of nitrogens with zero attached hydrogens (tertiary/aromatic N) is 2. The van der Waals surface area contributed by atoms with E-state index in [1.165, 1.54) is 30.5 Å². The van der Waals surface area contributed by atoms with Crippen LogP contribution in [-0.2, 0) is 10.0 Å². The molecule has 1 heterocycles. The Morgan fingerprint density at radius 1 is 1.32 bits per heavy atom. The first-order valence-electron chi connectivity index (χ1n) is 5.26. The van der Waals surface area contributed by atoms with E-state index in [9.17, 15) is 8.42 Å². The third-order valence-corrected chi connectivity index (χ3v) is 3.94. The smallest absolute Gasteiger partial charge is 0.264 e. The van der Waals surface area contributed by atoms with Crippen molar-refractivity contribution in [1.82, 2.24) is 9.97 Å². The van der Waals surface area contributed by atoms with E-state index in [2.05, 4.69) is 14.7 Å². The van der Waals surface area contributed by atoms with E-state index >= 15 is 0 Å². The predicted octanol–water partition coefficient (Wildman–Crippen LogP) is 1.82. The quantitative estimate of drug-likeness (QED) is 0.665. The predicted molar refractivity (Wildman–Crippen MR) is 73.4 cm³/mol. The molecular weight excluding hydrogens is 288 g/mol. The van der Waals surface area contributed by atoms with Crippen molar-refractivity contribution in [3.05, 3.63) is 41.2 Å². The molecule has 6 nitrogen and oxygen atoms in total. The number of hydrogen-bond acceptors (Lipinski definition) is 5. The number of benzene rings is 1. The lowest BCUT2D eigenvalue weighted by Crippen LogP contribution is -2.15. The van der Waals surface area contributed by atoms with E-state index in [1.807, 2.05) is 0 Å². The van der Waals surface area contributed by atoms with Crippen molar-refractivity contribution < 1.29 is 8.42 Å². The molecule has 3 N–H and O–H groups in total. The van der Waals surface area contributed by atoms with Gasteiger partial charge in [0, 0.05) is 11.9 Å². The Morgan fingerprint density at radius 2 is 2.05 bits per heavy atom. The first kappa shape index (κ1) is 13.6. The number of anilines is 2. The summed E-state index contributed by atoms with van der Waals surface area (Å²) >= 11 is 5.66. The van der Waals surface area contributed by atoms with Crippen LogP contribution in [0.2, 0.25) is 5.15 Å². The van der Waals surface area contributed by atoms with Gasteiger partial charge in [0.2, 0.25) is 5.95 Å². The molecule has 100 valence electrons. The van der Waals surface area contributed by atoms with Crippen LogP contribution in [0.1, 0.15) is 5.56 Å². The maximum Gasteiger partial charge on any atom is 0.264 e. The van der Waals surface area contributed by atoms with Gasteiger partial charge in [-0.25, -0.2) is 23.1 Å². The maximum atomic E-state index is 12.1. The van der Waals surface area contributed by atoms with Crippen LogP contribution in [0.15, 0.2) is 35.4 Å². The molecule has 0 unspecified atom stereocenters. The van der Waals surface area contributed by atoms with Gasteiger partial charge >= 0.3 is 0 Å². The van der Waals surface area contributed by atoms with Gasteiger partial charge in [0.15, 0.2) is 0 Å². The highest BCUT2D eigenvalue weighted by molar-refractivity contribution is 7.92. The molecule has 0 aliphatic heterocycles. The van der Waals surface area contributed by atoms with Gasteiger partial charge in [-0.05, 0) is 36.8 Å². The van der Waals surface area contributed by atoms with Crippen LogP contribution in [0.3, 0.4) is 0 Å². The summed E-state index contributed by atoms with van der Waals surface area (Å²) in [7, 11) is -3.76. The topological polar surface area (TPSA) is 98.0 Å². The number of halogens is 1. The summed E-state index contributed by atoms with van der Waals surface area (Å²) in [4.78, 5) is 7.63. The molecule has 0 saturated heterocycles. The fourth-order valence-corrected chi connectivity index (χ4v) is 2.55. The van der Waals surface area contributed by atoms with E-state index in [-0.39, 0.29) is 16.0 Å². The van der Waals surface area contributed by atoms with Gasteiger partial charge in [-0.2, -0.15) is 0 Å². The Hall–Kier alpha value is -1.86. The second-order valence-corrected chi connectivity index (χ2v) is 5.90. The molecule has 0 spiro atoms. The normalized spacial score (nSPS) is 11.3. The summed E-state index contributed by atoms with van der Waals surface area (Å²) in [6, 6.07) is 5.87. The molecule has 19 heavy (non-hydrogen) atoms. The van der Waals surface area contributed by atoms with Crippen molar-refractivity contribution >= 4 is 33.3 Å². The largest absolute Gasteiger partial charge is 0.399 e. The fourth-order valence-electron chi connectivity index (χ4n) is 1.38. The number of rotatable bonds is 3. The van der Waals surface area contributed by atoms with Gasteiger partial charge < -0.3 is 5.73 Å². The molecule has 1 aromatic heterocycles. The Kier molecular flexibility index (Phi) is 3.59. The molecule has 0 saturated carbocycles. The molecule has 8 heteroatoms. The van der Waals surface area contributed by atoms with Gasteiger partial charge in [-0.3, -0.25) is 0 Å².